The standard InChI is InChI=1S/C32H36N8O4S/c1-21-16-22-17-23(10-11-26(22)44-21)36-31(38-32-35-19-27(45-32)29(42)34-18-24-8-2-4-12-33-24)37-25-9-3-5-15-40(30(25)43)20-28(41)39-13-6-7-14-39/h2,4,8,10-12,16-17,19,25H,3,5-7,9,13-15,18,20H2,1H3,(H,34,42)(H2,35,36,37,38)/t25-/m0/s1. The van der Waals surface area contributed by atoms with E-state index in [1.165, 1.54) is 17.5 Å². The van der Waals surface area contributed by atoms with Gasteiger partial charge in [0.05, 0.1) is 25.0 Å². The molecule has 12 nitrogen and oxygen atoms in total. The molecule has 1 aromatic carbocycles. The fourth-order valence-corrected chi connectivity index (χ4v) is 6.26. The topological polar surface area (TPSA) is 145 Å². The van der Waals surface area contributed by atoms with Crippen molar-refractivity contribution in [1.29, 1.82) is 0 Å². The first kappa shape index (κ1) is 30.3. The number of aromatic nitrogens is 2. The number of aliphatic imine (C=N–C) groups is 1. The Morgan fingerprint density at radius 3 is 2.71 bits per heavy atom. The van der Waals surface area contributed by atoms with Crippen LogP contribution in [0.25, 0.3) is 11.0 Å². The van der Waals surface area contributed by atoms with E-state index in [9.17, 15) is 14.4 Å². The molecule has 3 amide bonds. The van der Waals surface area contributed by atoms with Crippen molar-refractivity contribution in [1.82, 2.24) is 25.1 Å². The second kappa shape index (κ2) is 13.9. The van der Waals surface area contributed by atoms with E-state index in [0.29, 0.717) is 35.5 Å². The van der Waals surface area contributed by atoms with Crippen LogP contribution in [-0.4, -0.2) is 75.7 Å². The third-order valence-corrected chi connectivity index (χ3v) is 8.75. The number of hydrogen-bond acceptors (Lipinski definition) is 8. The Labute approximate surface area is 264 Å². The smallest absolute Gasteiger partial charge is 0.263 e. The number of hydrogen-bond donors (Lipinski definition) is 3. The van der Waals surface area contributed by atoms with Gasteiger partial charge in [0.1, 0.15) is 22.3 Å². The summed E-state index contributed by atoms with van der Waals surface area (Å²) < 4.78 is 5.72. The van der Waals surface area contributed by atoms with E-state index in [-0.39, 0.29) is 24.3 Å². The van der Waals surface area contributed by atoms with Gasteiger partial charge >= 0.3 is 0 Å². The summed E-state index contributed by atoms with van der Waals surface area (Å²) in [4.78, 5) is 56.8. The summed E-state index contributed by atoms with van der Waals surface area (Å²) in [7, 11) is 0. The molecule has 2 saturated heterocycles. The maximum atomic E-state index is 13.7. The van der Waals surface area contributed by atoms with Gasteiger partial charge in [-0.25, -0.2) is 9.98 Å². The Morgan fingerprint density at radius 2 is 1.89 bits per heavy atom. The monoisotopic (exact) mass is 628 g/mol. The molecular formula is C32H36N8O4S. The third-order valence-electron chi connectivity index (χ3n) is 7.84. The quantitative estimate of drug-likeness (QED) is 0.192. The fraction of sp³-hybridized carbons (Fsp3) is 0.375. The Hall–Kier alpha value is -4.78. The number of carbonyl (C=O) groups excluding carboxylic acids is 3. The third kappa shape index (κ3) is 7.66. The average Bonchev–Trinajstić information content (AvgIpc) is 3.80. The highest BCUT2D eigenvalue weighted by Gasteiger charge is 2.30. The molecular weight excluding hydrogens is 592 g/mol. The van der Waals surface area contributed by atoms with Gasteiger partial charge in [0.25, 0.3) is 5.91 Å². The second-order valence-electron chi connectivity index (χ2n) is 11.2. The lowest BCUT2D eigenvalue weighted by Gasteiger charge is -2.25. The number of guanidine groups is 1. The number of carbonyl (C=O) groups is 3. The second-order valence-corrected chi connectivity index (χ2v) is 12.3. The van der Waals surface area contributed by atoms with Crippen LogP contribution < -0.4 is 16.0 Å². The summed E-state index contributed by atoms with van der Waals surface area (Å²) in [5.74, 6) is 0.669. The zero-order chi connectivity index (χ0) is 31.2. The van der Waals surface area contributed by atoms with Crippen molar-refractivity contribution >= 4 is 56.8 Å². The number of aryl methyl sites for hydroxylation is 1. The normalized spacial score (nSPS) is 17.4. The molecule has 5 heterocycles. The van der Waals surface area contributed by atoms with Crippen LogP contribution in [-0.2, 0) is 16.1 Å². The number of benzene rings is 1. The zero-order valence-electron chi connectivity index (χ0n) is 25.1. The Kier molecular flexibility index (Phi) is 9.34. The summed E-state index contributed by atoms with van der Waals surface area (Å²) in [6.07, 6.45) is 7.35. The minimum Gasteiger partial charge on any atom is -0.461 e. The minimum atomic E-state index is -0.685. The van der Waals surface area contributed by atoms with Crippen molar-refractivity contribution in [2.24, 2.45) is 4.99 Å². The van der Waals surface area contributed by atoms with Gasteiger partial charge in [-0.2, -0.15) is 0 Å². The van der Waals surface area contributed by atoms with Gasteiger partial charge in [0.15, 0.2) is 5.13 Å². The lowest BCUT2D eigenvalue weighted by molar-refractivity contribution is -0.140. The number of pyridine rings is 1. The molecule has 0 spiro atoms. The Balaban J connectivity index is 1.21. The van der Waals surface area contributed by atoms with Crippen LogP contribution in [0, 0.1) is 6.92 Å². The highest BCUT2D eigenvalue weighted by Crippen LogP contribution is 2.24. The van der Waals surface area contributed by atoms with Crippen LogP contribution in [0.3, 0.4) is 0 Å². The zero-order valence-corrected chi connectivity index (χ0v) is 25.9. The van der Waals surface area contributed by atoms with Crippen LogP contribution in [0.2, 0.25) is 0 Å². The first-order valence-corrected chi connectivity index (χ1v) is 16.1. The molecule has 0 saturated carbocycles. The van der Waals surface area contributed by atoms with Gasteiger partial charge in [-0.15, -0.1) is 0 Å². The molecule has 0 aliphatic carbocycles. The van der Waals surface area contributed by atoms with Crippen molar-refractivity contribution in [2.45, 2.75) is 51.6 Å². The van der Waals surface area contributed by atoms with Gasteiger partial charge in [0.2, 0.25) is 17.8 Å². The fourth-order valence-electron chi connectivity index (χ4n) is 5.53. The molecule has 0 unspecified atom stereocenters. The summed E-state index contributed by atoms with van der Waals surface area (Å²) in [5, 5.41) is 10.7. The number of anilines is 2. The SMILES string of the molecule is Cc1cc2cc(NC(=N[C@H]3CCCCN(CC(=O)N4CCCC4)C3=O)Nc3ncc(C(=O)NCc4ccccn4)s3)ccc2o1. The van der Waals surface area contributed by atoms with Crippen LogP contribution in [0.5, 0.6) is 0 Å². The minimum absolute atomic E-state index is 0.0118. The molecule has 2 fully saturated rings. The number of nitrogens with one attached hydrogen (secondary N) is 3. The van der Waals surface area contributed by atoms with Crippen molar-refractivity contribution in [2.75, 3.05) is 36.8 Å². The van der Waals surface area contributed by atoms with Gasteiger partial charge < -0.3 is 30.2 Å². The molecule has 3 N–H and O–H groups in total. The Bertz CT molecular complexity index is 1700. The lowest BCUT2D eigenvalue weighted by atomic mass is 10.1. The van der Waals surface area contributed by atoms with Crippen LogP contribution >= 0.6 is 11.3 Å². The number of likely N-dealkylation sites (tertiary alicyclic amines) is 2. The highest BCUT2D eigenvalue weighted by molar-refractivity contribution is 7.17. The van der Waals surface area contributed by atoms with Gasteiger partial charge in [-0.05, 0) is 75.4 Å². The van der Waals surface area contributed by atoms with E-state index in [0.717, 1.165) is 66.9 Å². The van der Waals surface area contributed by atoms with Crippen molar-refractivity contribution < 1.29 is 18.8 Å². The number of rotatable bonds is 8. The molecule has 3 aromatic heterocycles. The average molecular weight is 629 g/mol. The van der Waals surface area contributed by atoms with E-state index >= 15 is 0 Å². The number of furan rings is 1. The van der Waals surface area contributed by atoms with Crippen LogP contribution in [0.15, 0.2) is 64.3 Å². The molecule has 0 radical (unpaired) electrons. The van der Waals surface area contributed by atoms with Crippen LogP contribution in [0.4, 0.5) is 10.8 Å². The van der Waals surface area contributed by atoms with Crippen molar-refractivity contribution in [3.05, 3.63) is 71.2 Å². The molecule has 1 atom stereocenters. The molecule has 0 bridgehead atoms. The Morgan fingerprint density at radius 1 is 1.04 bits per heavy atom. The van der Waals surface area contributed by atoms with Crippen molar-refractivity contribution in [3.63, 3.8) is 0 Å². The molecule has 13 heteroatoms. The maximum Gasteiger partial charge on any atom is 0.263 e. The molecule has 6 rings (SSSR count). The largest absolute Gasteiger partial charge is 0.461 e. The first-order chi connectivity index (χ1) is 21.9. The van der Waals surface area contributed by atoms with E-state index in [1.807, 2.05) is 54.3 Å². The predicted molar refractivity (Wildman–Crippen MR) is 173 cm³/mol. The lowest BCUT2D eigenvalue weighted by Crippen LogP contribution is -2.45. The summed E-state index contributed by atoms with van der Waals surface area (Å²) >= 11 is 1.17. The van der Waals surface area contributed by atoms with E-state index in [4.69, 9.17) is 9.41 Å². The van der Waals surface area contributed by atoms with E-state index in [2.05, 4.69) is 25.9 Å². The van der Waals surface area contributed by atoms with Gasteiger partial charge in [-0.1, -0.05) is 17.4 Å². The molecule has 2 aliphatic heterocycles. The number of amides is 3. The van der Waals surface area contributed by atoms with Gasteiger partial charge in [0, 0.05) is 36.9 Å². The van der Waals surface area contributed by atoms with Crippen LogP contribution in [0.1, 0.15) is 53.2 Å². The number of thiazole rings is 1. The summed E-state index contributed by atoms with van der Waals surface area (Å²) in [5.41, 5.74) is 2.26. The summed E-state index contributed by atoms with van der Waals surface area (Å²) in [6, 6.07) is 12.5. The molecule has 234 valence electrons. The number of fused-ring (bicyclic) bond motifs is 1. The van der Waals surface area contributed by atoms with Gasteiger partial charge in [-0.3, -0.25) is 19.4 Å². The molecule has 2 aliphatic rings. The van der Waals surface area contributed by atoms with Crippen molar-refractivity contribution in [3.8, 4) is 0 Å². The highest BCUT2D eigenvalue weighted by atomic mass is 32.1. The molecule has 4 aromatic rings. The maximum absolute atomic E-state index is 13.7. The van der Waals surface area contributed by atoms with E-state index < -0.39 is 6.04 Å². The first-order valence-electron chi connectivity index (χ1n) is 15.2. The number of nitrogens with zero attached hydrogens (tertiary/aromatic N) is 5. The summed E-state index contributed by atoms with van der Waals surface area (Å²) in [6.45, 7) is 4.29. The van der Waals surface area contributed by atoms with E-state index in [1.54, 1.807) is 11.1 Å². The molecule has 45 heavy (non-hydrogen) atoms. The predicted octanol–water partition coefficient (Wildman–Crippen LogP) is 4.41.